The molecule has 0 aliphatic heterocycles. The maximum Gasteiger partial charge on any atom is 0.319 e. The highest BCUT2D eigenvalue weighted by Crippen LogP contribution is 2.00. The maximum atomic E-state index is 11.2. The number of carboxylic acid groups (broad SMARTS) is 1. The topological polar surface area (TPSA) is 107 Å². The lowest BCUT2D eigenvalue weighted by Gasteiger charge is -2.08. The number of nitrogens with one attached hydrogen (secondary N) is 3. The van der Waals surface area contributed by atoms with Crippen LogP contribution in [0.2, 0.25) is 0 Å². The first-order valence-corrected chi connectivity index (χ1v) is 4.36. The molecule has 1 aromatic rings. The molecule has 2 amide bonds. The van der Waals surface area contributed by atoms with Crippen molar-refractivity contribution in [2.45, 2.75) is 6.92 Å². The van der Waals surface area contributed by atoms with Gasteiger partial charge in [-0.25, -0.2) is 4.79 Å². The minimum absolute atomic E-state index is 0.0824. The lowest BCUT2D eigenvalue weighted by atomic mass is 10.2. The molecule has 0 aliphatic rings. The van der Waals surface area contributed by atoms with E-state index >= 15 is 0 Å². The Morgan fingerprint density at radius 1 is 1.67 bits per heavy atom. The number of aromatic amines is 1. The van der Waals surface area contributed by atoms with Crippen molar-refractivity contribution in [1.29, 1.82) is 0 Å². The molecule has 82 valence electrons. The van der Waals surface area contributed by atoms with Crippen LogP contribution >= 0.6 is 0 Å². The summed E-state index contributed by atoms with van der Waals surface area (Å²) < 4.78 is 0. The van der Waals surface area contributed by atoms with E-state index in [2.05, 4.69) is 20.8 Å². The zero-order valence-corrected chi connectivity index (χ0v) is 8.15. The molecule has 0 aromatic carbocycles. The van der Waals surface area contributed by atoms with Crippen molar-refractivity contribution >= 4 is 17.7 Å². The summed E-state index contributed by atoms with van der Waals surface area (Å²) in [6.45, 7) is 1.60. The van der Waals surface area contributed by atoms with Gasteiger partial charge in [-0.05, 0) is 0 Å². The van der Waals surface area contributed by atoms with Crippen molar-refractivity contribution in [3.8, 4) is 0 Å². The van der Waals surface area contributed by atoms with Gasteiger partial charge in [-0.1, -0.05) is 6.92 Å². The molecule has 7 nitrogen and oxygen atoms in total. The van der Waals surface area contributed by atoms with Crippen molar-refractivity contribution < 1.29 is 14.7 Å². The van der Waals surface area contributed by atoms with Gasteiger partial charge in [0.25, 0.3) is 0 Å². The number of aromatic nitrogens is 2. The normalized spacial score (nSPS) is 11.8. The Bertz CT molecular complexity index is 336. The third-order valence-corrected chi connectivity index (χ3v) is 1.75. The summed E-state index contributed by atoms with van der Waals surface area (Å²) in [5.41, 5.74) is 0.524. The predicted molar refractivity (Wildman–Crippen MR) is 52.4 cm³/mol. The van der Waals surface area contributed by atoms with Gasteiger partial charge in [0.2, 0.25) is 0 Å². The molecule has 0 fully saturated rings. The molecular formula is C8H12N4O3. The van der Waals surface area contributed by atoms with Gasteiger partial charge in [0.1, 0.15) is 0 Å². The van der Waals surface area contributed by atoms with Crippen LogP contribution in [0.5, 0.6) is 0 Å². The number of H-pyrrole nitrogens is 1. The lowest BCUT2D eigenvalue weighted by molar-refractivity contribution is -0.140. The van der Waals surface area contributed by atoms with Gasteiger partial charge in [0.05, 0.1) is 17.8 Å². The van der Waals surface area contributed by atoms with Crippen LogP contribution in [0.15, 0.2) is 12.4 Å². The number of aliphatic carboxylic acids is 1. The fourth-order valence-electron chi connectivity index (χ4n) is 0.828. The highest BCUT2D eigenvalue weighted by atomic mass is 16.4. The molecule has 4 N–H and O–H groups in total. The summed E-state index contributed by atoms with van der Waals surface area (Å²) in [6, 6.07) is -0.454. The molecule has 1 rings (SSSR count). The number of rotatable bonds is 4. The van der Waals surface area contributed by atoms with Crippen molar-refractivity contribution in [2.24, 2.45) is 5.92 Å². The van der Waals surface area contributed by atoms with Gasteiger partial charge in [0, 0.05) is 12.7 Å². The first-order chi connectivity index (χ1) is 7.09. The highest BCUT2D eigenvalue weighted by molar-refractivity contribution is 5.89. The number of hydrogen-bond acceptors (Lipinski definition) is 3. The Kier molecular flexibility index (Phi) is 3.67. The molecule has 0 radical (unpaired) electrons. The van der Waals surface area contributed by atoms with E-state index in [1.807, 2.05) is 0 Å². The average molecular weight is 212 g/mol. The molecule has 7 heteroatoms. The van der Waals surface area contributed by atoms with Crippen LogP contribution in [0, 0.1) is 5.92 Å². The quantitative estimate of drug-likeness (QED) is 0.573. The molecule has 0 saturated carbocycles. The Morgan fingerprint density at radius 2 is 2.40 bits per heavy atom. The van der Waals surface area contributed by atoms with Gasteiger partial charge in [-0.15, -0.1) is 0 Å². The summed E-state index contributed by atoms with van der Waals surface area (Å²) in [5.74, 6) is -1.56. The van der Waals surface area contributed by atoms with Crippen molar-refractivity contribution in [2.75, 3.05) is 11.9 Å². The van der Waals surface area contributed by atoms with Gasteiger partial charge >= 0.3 is 12.0 Å². The van der Waals surface area contributed by atoms with Gasteiger partial charge in [-0.3, -0.25) is 9.89 Å². The standard InChI is InChI=1S/C8H12N4O3/c1-5(7(13)14)2-9-8(15)12-6-3-10-11-4-6/h3-5H,2H2,1H3,(H,10,11)(H,13,14)(H2,9,12,15). The first-order valence-electron chi connectivity index (χ1n) is 4.36. The van der Waals surface area contributed by atoms with Crippen LogP contribution in [0.25, 0.3) is 0 Å². The second kappa shape index (κ2) is 4.99. The molecule has 1 heterocycles. The van der Waals surface area contributed by atoms with E-state index in [1.54, 1.807) is 0 Å². The third-order valence-electron chi connectivity index (χ3n) is 1.75. The molecule has 0 saturated heterocycles. The second-order valence-corrected chi connectivity index (χ2v) is 3.06. The van der Waals surface area contributed by atoms with Gasteiger partial charge in [0.15, 0.2) is 0 Å². The smallest absolute Gasteiger partial charge is 0.319 e. The number of hydrogen-bond donors (Lipinski definition) is 4. The van der Waals surface area contributed by atoms with Crippen LogP contribution in [0.3, 0.4) is 0 Å². The fourth-order valence-corrected chi connectivity index (χ4v) is 0.828. The summed E-state index contributed by atoms with van der Waals surface area (Å²) in [7, 11) is 0. The van der Waals surface area contributed by atoms with Crippen LogP contribution in [-0.4, -0.2) is 33.8 Å². The van der Waals surface area contributed by atoms with Crippen molar-refractivity contribution in [1.82, 2.24) is 15.5 Å². The number of urea groups is 1. The monoisotopic (exact) mass is 212 g/mol. The summed E-state index contributed by atoms with van der Waals surface area (Å²) >= 11 is 0. The zero-order valence-electron chi connectivity index (χ0n) is 8.15. The van der Waals surface area contributed by atoms with E-state index in [0.29, 0.717) is 5.69 Å². The van der Waals surface area contributed by atoms with Crippen molar-refractivity contribution in [3.63, 3.8) is 0 Å². The highest BCUT2D eigenvalue weighted by Gasteiger charge is 2.11. The van der Waals surface area contributed by atoms with E-state index in [4.69, 9.17) is 5.11 Å². The molecule has 0 aliphatic carbocycles. The SMILES string of the molecule is CC(CNC(=O)Nc1cn[nH]c1)C(=O)O. The Hall–Kier alpha value is -2.05. The summed E-state index contributed by atoms with van der Waals surface area (Å²) in [4.78, 5) is 21.6. The summed E-state index contributed by atoms with van der Waals surface area (Å²) in [5, 5.41) is 19.6. The van der Waals surface area contributed by atoms with E-state index < -0.39 is 17.9 Å². The minimum Gasteiger partial charge on any atom is -0.481 e. The second-order valence-electron chi connectivity index (χ2n) is 3.06. The third kappa shape index (κ3) is 3.67. The first kappa shape index (κ1) is 11.0. The molecule has 1 aromatic heterocycles. The van der Waals surface area contributed by atoms with Gasteiger partial charge < -0.3 is 15.7 Å². The molecule has 1 unspecified atom stereocenters. The molecule has 0 spiro atoms. The number of amides is 2. The average Bonchev–Trinajstić information content (AvgIpc) is 2.66. The van der Waals surface area contributed by atoms with Crippen LogP contribution in [-0.2, 0) is 4.79 Å². The molecule has 0 bridgehead atoms. The Balaban J connectivity index is 2.28. The van der Waals surface area contributed by atoms with E-state index in [0.717, 1.165) is 0 Å². The lowest BCUT2D eigenvalue weighted by Crippen LogP contribution is -2.34. The van der Waals surface area contributed by atoms with Crippen LogP contribution in [0.1, 0.15) is 6.92 Å². The number of nitrogens with zero attached hydrogens (tertiary/aromatic N) is 1. The number of carbonyl (C=O) groups is 2. The zero-order chi connectivity index (χ0) is 11.3. The van der Waals surface area contributed by atoms with Crippen LogP contribution < -0.4 is 10.6 Å². The fraction of sp³-hybridized carbons (Fsp3) is 0.375. The summed E-state index contributed by atoms with van der Waals surface area (Å²) in [6.07, 6.45) is 2.96. The molecule has 15 heavy (non-hydrogen) atoms. The number of carbonyl (C=O) groups excluding carboxylic acids is 1. The Morgan fingerprint density at radius 3 is 2.93 bits per heavy atom. The number of carboxylic acids is 1. The van der Waals surface area contributed by atoms with Crippen molar-refractivity contribution in [3.05, 3.63) is 12.4 Å². The Labute approximate surface area is 85.9 Å². The molecule has 1 atom stereocenters. The van der Waals surface area contributed by atoms with Crippen LogP contribution in [0.4, 0.5) is 10.5 Å². The van der Waals surface area contributed by atoms with Gasteiger partial charge in [-0.2, -0.15) is 5.10 Å². The van der Waals surface area contributed by atoms with E-state index in [1.165, 1.54) is 19.3 Å². The largest absolute Gasteiger partial charge is 0.481 e. The van der Waals surface area contributed by atoms with E-state index in [9.17, 15) is 9.59 Å². The molecular weight excluding hydrogens is 200 g/mol. The minimum atomic E-state index is -0.946. The number of anilines is 1. The maximum absolute atomic E-state index is 11.2. The predicted octanol–water partition coefficient (Wildman–Crippen LogP) is 0.252. The van der Waals surface area contributed by atoms with E-state index in [-0.39, 0.29) is 6.54 Å².